The van der Waals surface area contributed by atoms with Gasteiger partial charge in [0.1, 0.15) is 0 Å². The van der Waals surface area contributed by atoms with Crippen LogP contribution in [-0.4, -0.2) is 35.1 Å². The first-order valence-electron chi connectivity index (χ1n) is 8.77. The minimum Gasteiger partial charge on any atom is -0.478 e. The van der Waals surface area contributed by atoms with Gasteiger partial charge < -0.3 is 15.2 Å². The smallest absolute Gasteiger partial charge is 0.337 e. The van der Waals surface area contributed by atoms with Gasteiger partial charge >= 0.3 is 18.0 Å². The lowest BCUT2D eigenvalue weighted by molar-refractivity contribution is -0.136. The van der Waals surface area contributed by atoms with Crippen molar-refractivity contribution in [1.82, 2.24) is 10.2 Å². The summed E-state index contributed by atoms with van der Waals surface area (Å²) in [5.41, 5.74) is 2.44. The summed E-state index contributed by atoms with van der Waals surface area (Å²) in [6.07, 6.45) is 0. The summed E-state index contributed by atoms with van der Waals surface area (Å²) in [6, 6.07) is 12.5. The maximum atomic E-state index is 12.9. The molecule has 0 saturated carbocycles. The molecular formula is C21H19BrN2O5. The minimum absolute atomic E-state index is 0.161. The van der Waals surface area contributed by atoms with Crippen molar-refractivity contribution in [2.45, 2.75) is 19.5 Å². The van der Waals surface area contributed by atoms with Crippen molar-refractivity contribution in [3.8, 4) is 0 Å². The lowest BCUT2D eigenvalue weighted by Crippen LogP contribution is -2.47. The molecule has 2 aromatic rings. The molecule has 1 unspecified atom stereocenters. The zero-order valence-electron chi connectivity index (χ0n) is 15.8. The maximum Gasteiger partial charge on any atom is 0.337 e. The predicted molar refractivity (Wildman–Crippen MR) is 109 cm³/mol. The average Bonchev–Trinajstić information content (AvgIpc) is 2.71. The number of esters is 1. The topological polar surface area (TPSA) is 95.9 Å². The Labute approximate surface area is 176 Å². The molecular weight excluding hydrogens is 440 g/mol. The number of carbonyl (C=O) groups excluding carboxylic acids is 2. The highest BCUT2D eigenvalue weighted by molar-refractivity contribution is 9.10. The van der Waals surface area contributed by atoms with Crippen LogP contribution in [0.25, 0.3) is 0 Å². The number of methoxy groups -OCH3 is 1. The molecule has 0 aromatic heterocycles. The number of amides is 2. The highest BCUT2D eigenvalue weighted by atomic mass is 79.9. The van der Waals surface area contributed by atoms with Crippen molar-refractivity contribution in [3.63, 3.8) is 0 Å². The van der Waals surface area contributed by atoms with E-state index in [1.165, 1.54) is 24.1 Å². The number of hydrogen-bond acceptors (Lipinski definition) is 4. The highest BCUT2D eigenvalue weighted by Gasteiger charge is 2.36. The second-order valence-corrected chi connectivity index (χ2v) is 7.34. The molecule has 0 aliphatic carbocycles. The van der Waals surface area contributed by atoms with Crippen molar-refractivity contribution >= 4 is 33.9 Å². The van der Waals surface area contributed by atoms with Gasteiger partial charge in [0.15, 0.2) is 0 Å². The van der Waals surface area contributed by atoms with Crippen LogP contribution in [0.2, 0.25) is 0 Å². The van der Waals surface area contributed by atoms with Crippen LogP contribution in [0.4, 0.5) is 4.79 Å². The highest BCUT2D eigenvalue weighted by Crippen LogP contribution is 2.35. The summed E-state index contributed by atoms with van der Waals surface area (Å²) in [5.74, 6) is -1.55. The Kier molecular flexibility index (Phi) is 6.03. The molecule has 3 rings (SSSR count). The van der Waals surface area contributed by atoms with E-state index >= 15 is 0 Å². The molecule has 1 atom stereocenters. The summed E-state index contributed by atoms with van der Waals surface area (Å²) >= 11 is 3.47. The third-order valence-corrected chi connectivity index (χ3v) is 5.48. The van der Waals surface area contributed by atoms with Gasteiger partial charge in [0, 0.05) is 10.2 Å². The molecule has 0 radical (unpaired) electrons. The first-order valence-corrected chi connectivity index (χ1v) is 9.56. The minimum atomic E-state index is -1.02. The number of benzene rings is 2. The van der Waals surface area contributed by atoms with Gasteiger partial charge in [-0.3, -0.25) is 4.90 Å². The van der Waals surface area contributed by atoms with E-state index in [9.17, 15) is 14.4 Å². The molecule has 0 bridgehead atoms. The van der Waals surface area contributed by atoms with E-state index in [1.54, 1.807) is 19.1 Å². The second-order valence-electron chi connectivity index (χ2n) is 6.48. The fourth-order valence-electron chi connectivity index (χ4n) is 3.22. The lowest BCUT2D eigenvalue weighted by Gasteiger charge is -2.35. The molecule has 2 amide bonds. The van der Waals surface area contributed by atoms with Gasteiger partial charge in [0.05, 0.1) is 30.8 Å². The average molecular weight is 459 g/mol. The van der Waals surface area contributed by atoms with Gasteiger partial charge in [-0.2, -0.15) is 0 Å². The Morgan fingerprint density at radius 2 is 1.83 bits per heavy atom. The third-order valence-electron chi connectivity index (χ3n) is 4.76. The fourth-order valence-corrected chi connectivity index (χ4v) is 3.74. The van der Waals surface area contributed by atoms with Crippen LogP contribution in [0.3, 0.4) is 0 Å². The molecule has 1 aliphatic heterocycles. The zero-order chi connectivity index (χ0) is 21.1. The number of carboxylic acid groups (broad SMARTS) is 1. The summed E-state index contributed by atoms with van der Waals surface area (Å²) in [6.45, 7) is 1.88. The number of nitrogens with one attached hydrogen (secondary N) is 1. The molecule has 7 nitrogen and oxygen atoms in total. The van der Waals surface area contributed by atoms with Gasteiger partial charge in [-0.1, -0.05) is 46.3 Å². The summed E-state index contributed by atoms with van der Waals surface area (Å²) in [4.78, 5) is 37.9. The number of rotatable bonds is 5. The molecule has 0 saturated heterocycles. The summed E-state index contributed by atoms with van der Waals surface area (Å²) in [5, 5.41) is 11.9. The quantitative estimate of drug-likeness (QED) is 0.663. The molecule has 2 aromatic carbocycles. The molecule has 29 heavy (non-hydrogen) atoms. The molecule has 0 spiro atoms. The Bertz CT molecular complexity index is 1000. The predicted octanol–water partition coefficient (Wildman–Crippen LogP) is 3.86. The van der Waals surface area contributed by atoms with Gasteiger partial charge in [-0.15, -0.1) is 0 Å². The van der Waals surface area contributed by atoms with Crippen molar-refractivity contribution < 1.29 is 24.2 Å². The van der Waals surface area contributed by atoms with Crippen molar-refractivity contribution in [1.29, 1.82) is 0 Å². The monoisotopic (exact) mass is 458 g/mol. The van der Waals surface area contributed by atoms with Crippen molar-refractivity contribution in [2.75, 3.05) is 7.11 Å². The van der Waals surface area contributed by atoms with E-state index in [0.717, 1.165) is 15.6 Å². The normalized spacial score (nSPS) is 16.4. The Hall–Kier alpha value is -3.13. The third kappa shape index (κ3) is 4.17. The molecule has 2 N–H and O–H groups in total. The summed E-state index contributed by atoms with van der Waals surface area (Å²) in [7, 11) is 1.30. The number of nitrogens with zero attached hydrogens (tertiary/aromatic N) is 1. The Morgan fingerprint density at radius 3 is 2.41 bits per heavy atom. The number of hydrogen-bond donors (Lipinski definition) is 2. The maximum absolute atomic E-state index is 12.9. The first-order chi connectivity index (χ1) is 13.8. The van der Waals surface area contributed by atoms with Crippen molar-refractivity contribution in [3.05, 3.63) is 81.0 Å². The lowest BCUT2D eigenvalue weighted by atomic mass is 9.94. The summed E-state index contributed by atoms with van der Waals surface area (Å²) < 4.78 is 5.73. The van der Waals surface area contributed by atoms with E-state index < -0.39 is 18.0 Å². The number of allylic oxidation sites excluding steroid dienone is 1. The largest absolute Gasteiger partial charge is 0.478 e. The number of halogens is 1. The van der Waals surface area contributed by atoms with E-state index in [4.69, 9.17) is 9.84 Å². The number of urea groups is 1. The van der Waals surface area contributed by atoms with Crippen LogP contribution in [0.15, 0.2) is 64.3 Å². The number of carboxylic acids is 1. The van der Waals surface area contributed by atoms with Crippen molar-refractivity contribution in [2.24, 2.45) is 0 Å². The van der Waals surface area contributed by atoms with E-state index in [-0.39, 0.29) is 18.1 Å². The molecule has 1 heterocycles. The fraction of sp³-hybridized carbons (Fsp3) is 0.190. The Balaban J connectivity index is 2.00. The Morgan fingerprint density at radius 1 is 1.17 bits per heavy atom. The van der Waals surface area contributed by atoms with Crippen LogP contribution in [0.1, 0.15) is 34.5 Å². The van der Waals surface area contributed by atoms with Crippen LogP contribution in [0.5, 0.6) is 0 Å². The number of ether oxygens (including phenoxy) is 1. The zero-order valence-corrected chi connectivity index (χ0v) is 17.4. The molecule has 0 fully saturated rings. The van der Waals surface area contributed by atoms with Crippen LogP contribution in [-0.2, 0) is 16.1 Å². The standard InChI is InChI=1S/C21H19BrN2O5/c1-12-17(20(27)29-2)18(15-5-3-4-6-16(15)22)23-21(28)24(12)11-13-7-9-14(10-8-13)19(25)26/h3-10,18H,11H2,1-2H3,(H,23,28)(H,25,26). The van der Waals surface area contributed by atoms with E-state index in [1.807, 2.05) is 24.3 Å². The van der Waals surface area contributed by atoms with Crippen LogP contribution in [0, 0.1) is 0 Å². The van der Waals surface area contributed by atoms with E-state index in [2.05, 4.69) is 21.2 Å². The van der Waals surface area contributed by atoms with Gasteiger partial charge in [-0.25, -0.2) is 14.4 Å². The SMILES string of the molecule is COC(=O)C1=C(C)N(Cc2ccc(C(=O)O)cc2)C(=O)NC1c1ccccc1Br. The van der Waals surface area contributed by atoms with Gasteiger partial charge in [0.25, 0.3) is 0 Å². The van der Waals surface area contributed by atoms with E-state index in [0.29, 0.717) is 11.3 Å². The van der Waals surface area contributed by atoms with Crippen LogP contribution >= 0.6 is 15.9 Å². The van der Waals surface area contributed by atoms with Gasteiger partial charge in [0.2, 0.25) is 0 Å². The first kappa shape index (κ1) is 20.6. The van der Waals surface area contributed by atoms with Gasteiger partial charge in [-0.05, 0) is 36.2 Å². The van der Waals surface area contributed by atoms with Crippen LogP contribution < -0.4 is 5.32 Å². The molecule has 1 aliphatic rings. The molecule has 150 valence electrons. The second kappa shape index (κ2) is 8.48. The number of aromatic carboxylic acids is 1. The number of carbonyl (C=O) groups is 3. The molecule has 8 heteroatoms.